The molecule has 1 heterocycles. The fourth-order valence-electron chi connectivity index (χ4n) is 3.72. The van der Waals surface area contributed by atoms with Gasteiger partial charge in [0.25, 0.3) is 0 Å². The highest BCUT2D eigenvalue weighted by molar-refractivity contribution is 7.62. The Labute approximate surface area is 148 Å². The van der Waals surface area contributed by atoms with Gasteiger partial charge in [-0.15, -0.1) is 0 Å². The van der Waals surface area contributed by atoms with Crippen LogP contribution < -0.4 is 0 Å². The number of nitrogens with zero attached hydrogens (tertiary/aromatic N) is 4. The molecule has 5 heteroatoms. The van der Waals surface area contributed by atoms with Gasteiger partial charge in [-0.2, -0.15) is 9.51 Å². The molecular weight excluding hydrogens is 315 g/mol. The first-order valence-corrected chi connectivity index (χ1v) is 10.7. The Balaban J connectivity index is 2.53. The molecule has 1 aliphatic rings. The van der Waals surface area contributed by atoms with E-state index in [4.69, 9.17) is 9.51 Å². The normalized spacial score (nSPS) is 17.0. The molecule has 0 bridgehead atoms. The van der Waals surface area contributed by atoms with E-state index in [1.165, 1.54) is 0 Å². The molecule has 2 rings (SSSR count). The van der Waals surface area contributed by atoms with Crippen molar-refractivity contribution in [1.82, 2.24) is 9.34 Å². The molecular formula is C19H33N4P. The smallest absolute Gasteiger partial charge is 0.221 e. The van der Waals surface area contributed by atoms with E-state index >= 15 is 0 Å². The number of rotatable bonds is 7. The highest BCUT2D eigenvalue weighted by Crippen LogP contribution is 2.66. The minimum Gasteiger partial charge on any atom is -0.235 e. The van der Waals surface area contributed by atoms with Crippen molar-refractivity contribution in [1.29, 1.82) is 0 Å². The molecule has 0 aliphatic carbocycles. The van der Waals surface area contributed by atoms with E-state index in [9.17, 15) is 0 Å². The van der Waals surface area contributed by atoms with E-state index in [1.807, 2.05) is 6.07 Å². The topological polar surface area (TPSA) is 31.2 Å². The Kier molecular flexibility index (Phi) is 6.06. The van der Waals surface area contributed by atoms with E-state index in [1.54, 1.807) is 0 Å². The summed E-state index contributed by atoms with van der Waals surface area (Å²) >= 11 is 0. The fraction of sp³-hybridized carbons (Fsp3) is 0.632. The lowest BCUT2D eigenvalue weighted by Crippen LogP contribution is -2.46. The summed E-state index contributed by atoms with van der Waals surface area (Å²) in [5.74, 6) is 0.904. The number of hydrogen-bond acceptors (Lipinski definition) is 4. The first-order valence-electron chi connectivity index (χ1n) is 9.06. The molecule has 0 spiro atoms. The van der Waals surface area contributed by atoms with E-state index in [-0.39, 0.29) is 0 Å². The van der Waals surface area contributed by atoms with Crippen LogP contribution in [0.5, 0.6) is 0 Å². The van der Waals surface area contributed by atoms with Gasteiger partial charge >= 0.3 is 0 Å². The SMILES string of the molecule is CC(C)N(C(C)C)P1(N(C(C)C)C(C)C)=NC(c2ccccc2)=N1. The molecule has 0 N–H and O–H groups in total. The zero-order valence-corrected chi connectivity index (χ0v) is 17.3. The molecule has 1 aromatic carbocycles. The average Bonchev–Trinajstić information content (AvgIpc) is 2.42. The molecule has 0 saturated carbocycles. The Morgan fingerprint density at radius 1 is 0.708 bits per heavy atom. The van der Waals surface area contributed by atoms with Crippen molar-refractivity contribution in [3.05, 3.63) is 35.9 Å². The fourth-order valence-corrected chi connectivity index (χ4v) is 7.60. The molecule has 4 nitrogen and oxygen atoms in total. The summed E-state index contributed by atoms with van der Waals surface area (Å²) < 4.78 is 15.5. The second-order valence-corrected chi connectivity index (χ2v) is 9.96. The summed E-state index contributed by atoms with van der Waals surface area (Å²) in [4.78, 5) is 0. The highest BCUT2D eigenvalue weighted by atomic mass is 31.2. The van der Waals surface area contributed by atoms with E-state index in [0.717, 1.165) is 11.4 Å². The van der Waals surface area contributed by atoms with Crippen molar-refractivity contribution in [2.45, 2.75) is 79.6 Å². The van der Waals surface area contributed by atoms with Gasteiger partial charge in [0.05, 0.1) is 0 Å². The molecule has 0 unspecified atom stereocenters. The monoisotopic (exact) mass is 348 g/mol. The Bertz CT molecular complexity index is 592. The highest BCUT2D eigenvalue weighted by Gasteiger charge is 2.45. The van der Waals surface area contributed by atoms with Crippen molar-refractivity contribution in [3.63, 3.8) is 0 Å². The molecule has 0 atom stereocenters. The average molecular weight is 348 g/mol. The third-order valence-electron chi connectivity index (χ3n) is 4.23. The minimum absolute atomic E-state index is 0.406. The minimum atomic E-state index is -2.06. The van der Waals surface area contributed by atoms with Crippen molar-refractivity contribution in [2.24, 2.45) is 9.51 Å². The lowest BCUT2D eigenvalue weighted by molar-refractivity contribution is 0.249. The molecule has 134 valence electrons. The van der Waals surface area contributed by atoms with Gasteiger partial charge in [0.1, 0.15) is 0 Å². The van der Waals surface area contributed by atoms with Gasteiger partial charge in [-0.1, -0.05) is 30.3 Å². The first kappa shape index (κ1) is 19.4. The van der Waals surface area contributed by atoms with Gasteiger partial charge in [-0.05, 0) is 55.4 Å². The summed E-state index contributed by atoms with van der Waals surface area (Å²) in [7, 11) is -2.06. The number of hydrogen-bond donors (Lipinski definition) is 0. The molecule has 1 aliphatic heterocycles. The summed E-state index contributed by atoms with van der Waals surface area (Å²) in [6.07, 6.45) is 0. The van der Waals surface area contributed by atoms with Gasteiger partial charge in [0, 0.05) is 29.7 Å². The van der Waals surface area contributed by atoms with Crippen molar-refractivity contribution < 1.29 is 0 Å². The predicted octanol–water partition coefficient (Wildman–Crippen LogP) is 5.63. The Morgan fingerprint density at radius 3 is 1.42 bits per heavy atom. The maximum Gasteiger partial charge on any atom is 0.221 e. The summed E-state index contributed by atoms with van der Waals surface area (Å²) in [5, 5.41) is 0. The quantitative estimate of drug-likeness (QED) is 0.598. The molecule has 0 fully saturated rings. The van der Waals surface area contributed by atoms with Crippen LogP contribution in [0.4, 0.5) is 0 Å². The molecule has 0 radical (unpaired) electrons. The standard InChI is InChI=1S/C19H33N4P/c1-14(2)22(15(3)4)24(23(16(5)6)17(7)8)20-19(21-24)18-12-10-9-11-13-18/h9-17H,1-8H3. The van der Waals surface area contributed by atoms with Crippen LogP contribution in [0.2, 0.25) is 0 Å². The summed E-state index contributed by atoms with van der Waals surface area (Å²) in [6.45, 7) is 18.0. The molecule has 24 heavy (non-hydrogen) atoms. The Morgan fingerprint density at radius 2 is 1.08 bits per heavy atom. The van der Waals surface area contributed by atoms with E-state index < -0.39 is 7.51 Å². The van der Waals surface area contributed by atoms with Crippen molar-refractivity contribution in [2.75, 3.05) is 0 Å². The van der Waals surface area contributed by atoms with Crippen molar-refractivity contribution in [3.8, 4) is 0 Å². The van der Waals surface area contributed by atoms with Gasteiger partial charge in [0.15, 0.2) is 5.84 Å². The molecule has 1 aromatic rings. The Hall–Kier alpha value is -0.960. The number of amidine groups is 1. The molecule has 0 saturated heterocycles. The third-order valence-corrected chi connectivity index (χ3v) is 8.23. The van der Waals surface area contributed by atoms with Crippen LogP contribution in [0.15, 0.2) is 39.8 Å². The van der Waals surface area contributed by atoms with Crippen molar-refractivity contribution >= 4 is 13.3 Å². The van der Waals surface area contributed by atoms with Crippen LogP contribution in [-0.2, 0) is 0 Å². The van der Waals surface area contributed by atoms with Crippen LogP contribution in [0.1, 0.15) is 61.0 Å². The van der Waals surface area contributed by atoms with Crippen LogP contribution in [0, 0.1) is 0 Å². The second-order valence-electron chi connectivity index (χ2n) is 7.56. The lowest BCUT2D eigenvalue weighted by atomic mass is 10.2. The summed E-state index contributed by atoms with van der Waals surface area (Å²) in [5.41, 5.74) is 1.12. The van der Waals surface area contributed by atoms with Gasteiger partial charge < -0.3 is 0 Å². The zero-order valence-electron chi connectivity index (χ0n) is 16.4. The molecule has 0 aromatic heterocycles. The maximum atomic E-state index is 5.22. The van der Waals surface area contributed by atoms with Crippen LogP contribution in [-0.4, -0.2) is 39.3 Å². The van der Waals surface area contributed by atoms with Crippen LogP contribution >= 0.6 is 7.51 Å². The number of benzene rings is 1. The summed E-state index contributed by atoms with van der Waals surface area (Å²) in [6, 6.07) is 12.0. The lowest BCUT2D eigenvalue weighted by Gasteiger charge is -2.50. The largest absolute Gasteiger partial charge is 0.235 e. The van der Waals surface area contributed by atoms with E-state index in [2.05, 4.69) is 89.0 Å². The van der Waals surface area contributed by atoms with Gasteiger partial charge in [-0.25, -0.2) is 9.34 Å². The van der Waals surface area contributed by atoms with Gasteiger partial charge in [-0.3, -0.25) is 0 Å². The second kappa shape index (κ2) is 7.51. The molecule has 0 amide bonds. The third kappa shape index (κ3) is 3.51. The van der Waals surface area contributed by atoms with Crippen LogP contribution in [0.3, 0.4) is 0 Å². The maximum absolute atomic E-state index is 5.22. The predicted molar refractivity (Wildman–Crippen MR) is 107 cm³/mol. The van der Waals surface area contributed by atoms with Gasteiger partial charge in [0.2, 0.25) is 7.51 Å². The zero-order chi connectivity index (χ0) is 18.1. The first-order chi connectivity index (χ1) is 11.2. The van der Waals surface area contributed by atoms with Crippen LogP contribution in [0.25, 0.3) is 0 Å². The van der Waals surface area contributed by atoms with E-state index in [0.29, 0.717) is 24.2 Å².